The van der Waals surface area contributed by atoms with Crippen LogP contribution in [0.4, 0.5) is 0 Å². The Balaban J connectivity index is 1.61. The largest absolute Gasteiger partial charge is 0.497 e. The van der Waals surface area contributed by atoms with Crippen molar-refractivity contribution in [2.24, 2.45) is 11.8 Å². The van der Waals surface area contributed by atoms with Crippen LogP contribution in [0.5, 0.6) is 11.5 Å². The summed E-state index contributed by atoms with van der Waals surface area (Å²) in [5.74, 6) is 3.16. The van der Waals surface area contributed by atoms with Crippen LogP contribution in [0.3, 0.4) is 0 Å². The van der Waals surface area contributed by atoms with Crippen molar-refractivity contribution in [2.75, 3.05) is 20.8 Å². The Kier molecular flexibility index (Phi) is 4.36. The van der Waals surface area contributed by atoms with Gasteiger partial charge in [-0.15, -0.1) is 0 Å². The van der Waals surface area contributed by atoms with Gasteiger partial charge < -0.3 is 19.9 Å². The van der Waals surface area contributed by atoms with Gasteiger partial charge in [0.1, 0.15) is 11.5 Å². The van der Waals surface area contributed by atoms with E-state index < -0.39 is 6.10 Å². The minimum Gasteiger partial charge on any atom is -0.497 e. The maximum atomic E-state index is 10.4. The van der Waals surface area contributed by atoms with Crippen molar-refractivity contribution >= 4 is 0 Å². The third-order valence-electron chi connectivity index (χ3n) is 5.07. The second-order valence-electron chi connectivity index (χ2n) is 6.35. The minimum atomic E-state index is -0.534. The molecule has 0 saturated heterocycles. The van der Waals surface area contributed by atoms with Crippen molar-refractivity contribution in [3.63, 3.8) is 0 Å². The van der Waals surface area contributed by atoms with Gasteiger partial charge in [0, 0.05) is 18.7 Å². The summed E-state index contributed by atoms with van der Waals surface area (Å²) < 4.78 is 10.5. The van der Waals surface area contributed by atoms with E-state index in [0.29, 0.717) is 24.1 Å². The fourth-order valence-electron chi connectivity index (χ4n) is 3.90. The Hall–Kier alpha value is -1.26. The van der Waals surface area contributed by atoms with E-state index in [2.05, 4.69) is 5.32 Å². The zero-order chi connectivity index (χ0) is 14.8. The van der Waals surface area contributed by atoms with Gasteiger partial charge in [-0.2, -0.15) is 0 Å². The predicted molar refractivity (Wildman–Crippen MR) is 81.7 cm³/mol. The molecule has 2 fully saturated rings. The Labute approximate surface area is 126 Å². The molecule has 0 heterocycles. The SMILES string of the molecule is COc1cc(OC)cc(C(O)CNC2CC3CCC2C3)c1. The van der Waals surface area contributed by atoms with Crippen LogP contribution in [0.1, 0.15) is 37.4 Å². The van der Waals surface area contributed by atoms with E-state index in [9.17, 15) is 5.11 Å². The Morgan fingerprint density at radius 2 is 1.86 bits per heavy atom. The van der Waals surface area contributed by atoms with E-state index in [1.54, 1.807) is 14.2 Å². The fraction of sp³-hybridized carbons (Fsp3) is 0.647. The van der Waals surface area contributed by atoms with E-state index in [4.69, 9.17) is 9.47 Å². The van der Waals surface area contributed by atoms with Crippen LogP contribution in [0.15, 0.2) is 18.2 Å². The number of ether oxygens (including phenoxy) is 2. The normalized spacial score (nSPS) is 28.6. The maximum Gasteiger partial charge on any atom is 0.122 e. The zero-order valence-electron chi connectivity index (χ0n) is 12.8. The lowest BCUT2D eigenvalue weighted by atomic mass is 9.95. The zero-order valence-corrected chi connectivity index (χ0v) is 12.8. The van der Waals surface area contributed by atoms with Crippen LogP contribution in [0.2, 0.25) is 0 Å². The quantitative estimate of drug-likeness (QED) is 0.845. The molecule has 1 aromatic rings. The molecular formula is C17H25NO3. The van der Waals surface area contributed by atoms with Gasteiger partial charge in [-0.25, -0.2) is 0 Å². The first-order valence-corrected chi connectivity index (χ1v) is 7.84. The summed E-state index contributed by atoms with van der Waals surface area (Å²) in [5, 5.41) is 14.0. The lowest BCUT2D eigenvalue weighted by Crippen LogP contribution is -2.36. The molecule has 0 amide bonds. The fourth-order valence-corrected chi connectivity index (χ4v) is 3.90. The first-order chi connectivity index (χ1) is 10.2. The van der Waals surface area contributed by atoms with Gasteiger partial charge in [-0.3, -0.25) is 0 Å². The van der Waals surface area contributed by atoms with Gasteiger partial charge in [-0.1, -0.05) is 6.42 Å². The summed E-state index contributed by atoms with van der Waals surface area (Å²) in [6, 6.07) is 6.15. The van der Waals surface area contributed by atoms with Gasteiger partial charge in [0.05, 0.1) is 20.3 Å². The van der Waals surface area contributed by atoms with Crippen LogP contribution in [-0.4, -0.2) is 31.9 Å². The van der Waals surface area contributed by atoms with Gasteiger partial charge >= 0.3 is 0 Å². The van der Waals surface area contributed by atoms with E-state index in [1.807, 2.05) is 18.2 Å². The number of hydrogen-bond acceptors (Lipinski definition) is 4. The predicted octanol–water partition coefficient (Wildman–Crippen LogP) is 2.52. The van der Waals surface area contributed by atoms with Crippen molar-refractivity contribution in [2.45, 2.75) is 37.8 Å². The van der Waals surface area contributed by atoms with Crippen molar-refractivity contribution in [3.05, 3.63) is 23.8 Å². The summed E-state index contributed by atoms with van der Waals surface area (Å²) in [6.45, 7) is 0.588. The molecule has 2 saturated carbocycles. The summed E-state index contributed by atoms with van der Waals surface area (Å²) in [7, 11) is 3.25. The molecule has 0 radical (unpaired) electrons. The third kappa shape index (κ3) is 3.16. The summed E-state index contributed by atoms with van der Waals surface area (Å²) in [6.07, 6.45) is 4.87. The third-order valence-corrected chi connectivity index (χ3v) is 5.07. The molecule has 0 aliphatic heterocycles. The maximum absolute atomic E-state index is 10.4. The highest BCUT2D eigenvalue weighted by Gasteiger charge is 2.39. The number of benzene rings is 1. The number of fused-ring (bicyclic) bond motifs is 2. The Bertz CT molecular complexity index is 469. The molecule has 4 heteroatoms. The number of aliphatic hydroxyl groups excluding tert-OH is 1. The molecule has 2 bridgehead atoms. The second kappa shape index (κ2) is 6.24. The smallest absolute Gasteiger partial charge is 0.122 e. The van der Waals surface area contributed by atoms with Gasteiger partial charge in [-0.05, 0) is 48.8 Å². The van der Waals surface area contributed by atoms with Gasteiger partial charge in [0.15, 0.2) is 0 Å². The van der Waals surface area contributed by atoms with Crippen molar-refractivity contribution in [1.82, 2.24) is 5.32 Å². The molecule has 116 valence electrons. The molecule has 1 aromatic carbocycles. The molecule has 4 nitrogen and oxygen atoms in total. The van der Waals surface area contributed by atoms with Gasteiger partial charge in [0.2, 0.25) is 0 Å². The van der Waals surface area contributed by atoms with Crippen LogP contribution >= 0.6 is 0 Å². The van der Waals surface area contributed by atoms with E-state index in [1.165, 1.54) is 25.7 Å². The first kappa shape index (κ1) is 14.7. The van der Waals surface area contributed by atoms with Crippen LogP contribution in [0.25, 0.3) is 0 Å². The van der Waals surface area contributed by atoms with E-state index >= 15 is 0 Å². The van der Waals surface area contributed by atoms with Gasteiger partial charge in [0.25, 0.3) is 0 Å². The summed E-state index contributed by atoms with van der Waals surface area (Å²) >= 11 is 0. The molecule has 2 aliphatic carbocycles. The molecule has 2 aliphatic rings. The summed E-state index contributed by atoms with van der Waals surface area (Å²) in [5.41, 5.74) is 0.835. The average Bonchev–Trinajstić information content (AvgIpc) is 3.14. The Morgan fingerprint density at radius 1 is 1.14 bits per heavy atom. The number of hydrogen-bond donors (Lipinski definition) is 2. The highest BCUT2D eigenvalue weighted by atomic mass is 16.5. The number of rotatable bonds is 6. The lowest BCUT2D eigenvalue weighted by Gasteiger charge is -2.24. The highest BCUT2D eigenvalue weighted by Crippen LogP contribution is 2.44. The van der Waals surface area contributed by atoms with Crippen LogP contribution < -0.4 is 14.8 Å². The molecule has 3 rings (SSSR count). The lowest BCUT2D eigenvalue weighted by molar-refractivity contribution is 0.163. The van der Waals surface area contributed by atoms with Crippen molar-refractivity contribution in [1.29, 1.82) is 0 Å². The molecule has 0 aromatic heterocycles. The van der Waals surface area contributed by atoms with Crippen LogP contribution in [0, 0.1) is 11.8 Å². The molecule has 21 heavy (non-hydrogen) atoms. The number of methoxy groups -OCH3 is 2. The number of aliphatic hydroxyl groups is 1. The topological polar surface area (TPSA) is 50.7 Å². The van der Waals surface area contributed by atoms with E-state index in [-0.39, 0.29) is 0 Å². The standard InChI is InChI=1S/C17H25NO3/c1-20-14-7-13(8-15(9-14)21-2)17(19)10-18-16-6-11-3-4-12(16)5-11/h7-9,11-12,16-19H,3-6,10H2,1-2H3. The second-order valence-corrected chi connectivity index (χ2v) is 6.35. The van der Waals surface area contributed by atoms with Crippen molar-refractivity contribution in [3.8, 4) is 11.5 Å². The average molecular weight is 291 g/mol. The van der Waals surface area contributed by atoms with Crippen molar-refractivity contribution < 1.29 is 14.6 Å². The molecular weight excluding hydrogens is 266 g/mol. The number of nitrogens with one attached hydrogen (secondary N) is 1. The summed E-state index contributed by atoms with van der Waals surface area (Å²) in [4.78, 5) is 0. The van der Waals surface area contributed by atoms with E-state index in [0.717, 1.165) is 17.4 Å². The molecule has 0 spiro atoms. The Morgan fingerprint density at radius 3 is 2.38 bits per heavy atom. The molecule has 4 atom stereocenters. The molecule has 4 unspecified atom stereocenters. The van der Waals surface area contributed by atoms with Crippen LogP contribution in [-0.2, 0) is 0 Å². The first-order valence-electron chi connectivity index (χ1n) is 7.84. The molecule has 2 N–H and O–H groups in total. The monoisotopic (exact) mass is 291 g/mol. The highest BCUT2D eigenvalue weighted by molar-refractivity contribution is 5.39. The minimum absolute atomic E-state index is 0.534.